The first-order valence-electron chi connectivity index (χ1n) is 4.68. The van der Waals surface area contributed by atoms with Crippen molar-refractivity contribution in [3.8, 4) is 11.6 Å². The monoisotopic (exact) mass is 201 g/mol. The molecule has 0 spiro atoms. The predicted octanol–water partition coefficient (Wildman–Crippen LogP) is 2.40. The van der Waals surface area contributed by atoms with Crippen molar-refractivity contribution in [2.45, 2.75) is 6.92 Å². The number of esters is 1. The summed E-state index contributed by atoms with van der Waals surface area (Å²) in [6.07, 6.45) is 1.85. The second-order valence-corrected chi connectivity index (χ2v) is 3.15. The summed E-state index contributed by atoms with van der Waals surface area (Å²) in [5.74, 6) is 0.222. The van der Waals surface area contributed by atoms with E-state index in [4.69, 9.17) is 4.74 Å². The molecule has 76 valence electrons. The zero-order chi connectivity index (χ0) is 10.7. The van der Waals surface area contributed by atoms with Gasteiger partial charge in [-0.3, -0.25) is 9.36 Å². The number of hydrogen-bond donors (Lipinski definition) is 0. The van der Waals surface area contributed by atoms with E-state index in [2.05, 4.69) is 0 Å². The van der Waals surface area contributed by atoms with Crippen LogP contribution in [0.25, 0.3) is 5.69 Å². The van der Waals surface area contributed by atoms with Gasteiger partial charge in [0.15, 0.2) is 0 Å². The largest absolute Gasteiger partial charge is 0.409 e. The van der Waals surface area contributed by atoms with E-state index >= 15 is 0 Å². The van der Waals surface area contributed by atoms with E-state index in [-0.39, 0.29) is 5.97 Å². The fourth-order valence-electron chi connectivity index (χ4n) is 1.40. The van der Waals surface area contributed by atoms with Crippen LogP contribution in [0, 0.1) is 0 Å². The number of carbonyl (C=O) groups excluding carboxylic acids is 1. The highest BCUT2D eigenvalue weighted by atomic mass is 16.5. The average Bonchev–Trinajstić information content (AvgIpc) is 2.66. The summed E-state index contributed by atoms with van der Waals surface area (Å²) in [6.45, 7) is 1.39. The normalized spacial score (nSPS) is 9.93. The molecule has 3 nitrogen and oxygen atoms in total. The van der Waals surface area contributed by atoms with Crippen LogP contribution in [-0.2, 0) is 4.79 Å². The first kappa shape index (κ1) is 9.52. The zero-order valence-corrected chi connectivity index (χ0v) is 8.38. The minimum Gasteiger partial charge on any atom is -0.409 e. The van der Waals surface area contributed by atoms with Crippen LogP contribution in [0.5, 0.6) is 5.88 Å². The average molecular weight is 201 g/mol. The second kappa shape index (κ2) is 4.00. The SMILES string of the molecule is CC(=O)Oc1cccn1-c1ccccc1. The van der Waals surface area contributed by atoms with Gasteiger partial charge in [-0.25, -0.2) is 0 Å². The minimum atomic E-state index is -0.314. The summed E-state index contributed by atoms with van der Waals surface area (Å²) >= 11 is 0. The predicted molar refractivity (Wildman–Crippen MR) is 57.1 cm³/mol. The molecule has 2 rings (SSSR count). The number of aromatic nitrogens is 1. The van der Waals surface area contributed by atoms with Crippen LogP contribution in [0.15, 0.2) is 48.7 Å². The van der Waals surface area contributed by atoms with Gasteiger partial charge in [0.25, 0.3) is 0 Å². The van der Waals surface area contributed by atoms with Gasteiger partial charge in [0.2, 0.25) is 5.88 Å². The molecule has 0 radical (unpaired) electrons. The smallest absolute Gasteiger partial charge is 0.309 e. The number of carbonyl (C=O) groups is 1. The lowest BCUT2D eigenvalue weighted by Crippen LogP contribution is -2.05. The Morgan fingerprint density at radius 1 is 1.13 bits per heavy atom. The van der Waals surface area contributed by atoms with Crippen molar-refractivity contribution < 1.29 is 9.53 Å². The molecular formula is C12H11NO2. The molecule has 0 aliphatic rings. The molecule has 1 aromatic carbocycles. The van der Waals surface area contributed by atoms with Crippen LogP contribution in [0.3, 0.4) is 0 Å². The summed E-state index contributed by atoms with van der Waals surface area (Å²) < 4.78 is 6.88. The lowest BCUT2D eigenvalue weighted by atomic mass is 10.3. The molecule has 3 heteroatoms. The van der Waals surface area contributed by atoms with Crippen LogP contribution < -0.4 is 4.74 Å². The second-order valence-electron chi connectivity index (χ2n) is 3.15. The Hall–Kier alpha value is -2.03. The molecule has 0 saturated heterocycles. The Morgan fingerprint density at radius 2 is 1.87 bits per heavy atom. The third-order valence-electron chi connectivity index (χ3n) is 1.99. The van der Waals surface area contributed by atoms with Gasteiger partial charge >= 0.3 is 5.97 Å². The fourth-order valence-corrected chi connectivity index (χ4v) is 1.40. The number of hydrogen-bond acceptors (Lipinski definition) is 2. The van der Waals surface area contributed by atoms with Crippen molar-refractivity contribution in [2.75, 3.05) is 0 Å². The molecule has 15 heavy (non-hydrogen) atoms. The lowest BCUT2D eigenvalue weighted by molar-refractivity contribution is -0.132. The highest BCUT2D eigenvalue weighted by Crippen LogP contribution is 2.18. The Balaban J connectivity index is 2.37. The Kier molecular flexibility index (Phi) is 2.54. The zero-order valence-electron chi connectivity index (χ0n) is 8.38. The standard InChI is InChI=1S/C12H11NO2/c1-10(14)15-12-8-5-9-13(12)11-6-3-2-4-7-11/h2-9H,1H3. The summed E-state index contributed by atoms with van der Waals surface area (Å²) in [5.41, 5.74) is 0.971. The molecule has 1 aromatic heterocycles. The van der Waals surface area contributed by atoms with Crippen LogP contribution in [-0.4, -0.2) is 10.5 Å². The Bertz CT molecular complexity index is 459. The van der Waals surface area contributed by atoms with Crippen molar-refractivity contribution >= 4 is 5.97 Å². The van der Waals surface area contributed by atoms with Gasteiger partial charge in [-0.15, -0.1) is 0 Å². The number of ether oxygens (including phenoxy) is 1. The van der Waals surface area contributed by atoms with Gasteiger partial charge in [0.05, 0.1) is 0 Å². The maximum atomic E-state index is 10.9. The Labute approximate surface area is 87.9 Å². The molecule has 0 amide bonds. The third kappa shape index (κ3) is 2.07. The van der Waals surface area contributed by atoms with E-state index in [1.807, 2.05) is 47.2 Å². The molecule has 0 aliphatic carbocycles. The van der Waals surface area contributed by atoms with Crippen LogP contribution >= 0.6 is 0 Å². The van der Waals surface area contributed by atoms with E-state index < -0.39 is 0 Å². The molecule has 0 atom stereocenters. The number of rotatable bonds is 2. The lowest BCUT2D eigenvalue weighted by Gasteiger charge is -2.07. The molecule has 0 fully saturated rings. The molecule has 0 N–H and O–H groups in total. The summed E-state index contributed by atoms with van der Waals surface area (Å²) in [4.78, 5) is 10.9. The topological polar surface area (TPSA) is 31.2 Å². The minimum absolute atomic E-state index is 0.314. The third-order valence-corrected chi connectivity index (χ3v) is 1.99. The quantitative estimate of drug-likeness (QED) is 0.698. The summed E-state index contributed by atoms with van der Waals surface area (Å²) in [6, 6.07) is 13.3. The first-order valence-corrected chi connectivity index (χ1v) is 4.68. The Morgan fingerprint density at radius 3 is 2.53 bits per heavy atom. The van der Waals surface area contributed by atoms with Gasteiger partial charge in [-0.1, -0.05) is 18.2 Å². The molecule has 2 aromatic rings. The van der Waals surface area contributed by atoms with Crippen molar-refractivity contribution in [1.82, 2.24) is 4.57 Å². The van der Waals surface area contributed by atoms with Gasteiger partial charge < -0.3 is 4.74 Å². The maximum Gasteiger partial charge on any atom is 0.309 e. The van der Waals surface area contributed by atoms with Crippen molar-refractivity contribution in [1.29, 1.82) is 0 Å². The van der Waals surface area contributed by atoms with Crippen molar-refractivity contribution in [3.05, 3.63) is 48.7 Å². The molecule has 0 bridgehead atoms. The van der Waals surface area contributed by atoms with Gasteiger partial charge in [0.1, 0.15) is 0 Å². The molecule has 1 heterocycles. The number of nitrogens with zero attached hydrogens (tertiary/aromatic N) is 1. The highest BCUT2D eigenvalue weighted by Gasteiger charge is 2.05. The van der Waals surface area contributed by atoms with E-state index in [1.54, 1.807) is 6.07 Å². The molecule has 0 unspecified atom stereocenters. The summed E-state index contributed by atoms with van der Waals surface area (Å²) in [7, 11) is 0. The summed E-state index contributed by atoms with van der Waals surface area (Å²) in [5, 5.41) is 0. The van der Waals surface area contributed by atoms with Crippen LogP contribution in [0.4, 0.5) is 0 Å². The van der Waals surface area contributed by atoms with Gasteiger partial charge in [-0.05, 0) is 18.2 Å². The van der Waals surface area contributed by atoms with E-state index in [0.29, 0.717) is 5.88 Å². The van der Waals surface area contributed by atoms with E-state index in [1.165, 1.54) is 6.92 Å². The molecular weight excluding hydrogens is 190 g/mol. The van der Waals surface area contributed by atoms with E-state index in [0.717, 1.165) is 5.69 Å². The van der Waals surface area contributed by atoms with Crippen molar-refractivity contribution in [2.24, 2.45) is 0 Å². The fraction of sp³-hybridized carbons (Fsp3) is 0.0833. The highest BCUT2D eigenvalue weighted by molar-refractivity contribution is 5.69. The number of benzene rings is 1. The van der Waals surface area contributed by atoms with Gasteiger partial charge in [-0.2, -0.15) is 0 Å². The number of para-hydroxylation sites is 1. The van der Waals surface area contributed by atoms with Crippen LogP contribution in [0.2, 0.25) is 0 Å². The maximum absolute atomic E-state index is 10.9. The van der Waals surface area contributed by atoms with E-state index in [9.17, 15) is 4.79 Å². The van der Waals surface area contributed by atoms with Crippen molar-refractivity contribution in [3.63, 3.8) is 0 Å². The van der Waals surface area contributed by atoms with Crippen LogP contribution in [0.1, 0.15) is 6.92 Å². The first-order chi connectivity index (χ1) is 7.27. The molecule has 0 saturated carbocycles. The van der Waals surface area contributed by atoms with Gasteiger partial charge in [0, 0.05) is 24.9 Å². The molecule has 0 aliphatic heterocycles.